The van der Waals surface area contributed by atoms with Crippen molar-refractivity contribution >= 4 is 27.5 Å². The summed E-state index contributed by atoms with van der Waals surface area (Å²) in [5, 5.41) is 2.61. The predicted octanol–water partition coefficient (Wildman–Crippen LogP) is 5.62. The van der Waals surface area contributed by atoms with Crippen molar-refractivity contribution in [2.45, 2.75) is 19.9 Å². The number of nitrogen functional groups attached to an aromatic ring is 1. The zero-order valence-corrected chi connectivity index (χ0v) is 13.5. The summed E-state index contributed by atoms with van der Waals surface area (Å²) in [5.74, 6) is 0. The summed E-state index contributed by atoms with van der Waals surface area (Å²) in [6.45, 7) is 4.48. The van der Waals surface area contributed by atoms with Crippen molar-refractivity contribution in [1.29, 1.82) is 0 Å². The third kappa shape index (κ3) is 2.10. The molecule has 0 saturated heterocycles. The van der Waals surface area contributed by atoms with Gasteiger partial charge in [0.15, 0.2) is 0 Å². The van der Waals surface area contributed by atoms with E-state index in [1.165, 1.54) is 32.9 Å². The van der Waals surface area contributed by atoms with Gasteiger partial charge in [-0.25, -0.2) is 0 Å². The van der Waals surface area contributed by atoms with Gasteiger partial charge in [0.05, 0.1) is 5.52 Å². The zero-order chi connectivity index (χ0) is 16.0. The minimum Gasteiger partial charge on any atom is -0.399 e. The third-order valence-electron chi connectivity index (χ3n) is 4.44. The van der Waals surface area contributed by atoms with Gasteiger partial charge < -0.3 is 10.3 Å². The predicted molar refractivity (Wildman–Crippen MR) is 99.7 cm³/mol. The molecule has 23 heavy (non-hydrogen) atoms. The van der Waals surface area contributed by atoms with Gasteiger partial charge in [-0.15, -0.1) is 0 Å². The Labute approximate surface area is 136 Å². The van der Waals surface area contributed by atoms with Crippen LogP contribution in [0.3, 0.4) is 0 Å². The fourth-order valence-corrected chi connectivity index (χ4v) is 3.53. The molecule has 0 fully saturated rings. The number of anilines is 1. The number of hydrogen-bond acceptors (Lipinski definition) is 1. The van der Waals surface area contributed by atoms with Crippen LogP contribution in [-0.4, -0.2) is 4.57 Å². The van der Waals surface area contributed by atoms with Crippen molar-refractivity contribution in [2.24, 2.45) is 0 Å². The van der Waals surface area contributed by atoms with Gasteiger partial charge >= 0.3 is 0 Å². The Morgan fingerprint density at radius 1 is 0.826 bits per heavy atom. The van der Waals surface area contributed by atoms with E-state index in [9.17, 15) is 0 Å². The van der Waals surface area contributed by atoms with Gasteiger partial charge in [-0.1, -0.05) is 48.5 Å². The molecule has 0 aliphatic carbocycles. The van der Waals surface area contributed by atoms with Gasteiger partial charge in [-0.3, -0.25) is 0 Å². The molecule has 0 atom stereocenters. The first kappa shape index (κ1) is 13.9. The number of aromatic nitrogens is 1. The Bertz CT molecular complexity index is 1010. The molecule has 0 amide bonds. The lowest BCUT2D eigenvalue weighted by molar-refractivity contribution is 0.642. The molecule has 4 aromatic rings. The number of benzene rings is 3. The summed E-state index contributed by atoms with van der Waals surface area (Å²) in [4.78, 5) is 0. The van der Waals surface area contributed by atoms with Crippen LogP contribution in [0.2, 0.25) is 0 Å². The number of para-hydroxylation sites is 2. The molecule has 0 unspecified atom stereocenters. The molecule has 3 aromatic carbocycles. The lowest BCUT2D eigenvalue weighted by Crippen LogP contribution is -2.01. The Morgan fingerprint density at radius 2 is 1.57 bits per heavy atom. The van der Waals surface area contributed by atoms with E-state index in [2.05, 4.69) is 73.0 Å². The second kappa shape index (κ2) is 5.17. The van der Waals surface area contributed by atoms with E-state index in [0.717, 1.165) is 5.69 Å². The smallest absolute Gasteiger partial charge is 0.0573 e. The van der Waals surface area contributed by atoms with Gasteiger partial charge in [0, 0.05) is 33.6 Å². The van der Waals surface area contributed by atoms with Crippen LogP contribution < -0.4 is 5.73 Å². The minimum absolute atomic E-state index is 0.389. The van der Waals surface area contributed by atoms with Crippen LogP contribution in [0.5, 0.6) is 0 Å². The Hall–Kier alpha value is -2.74. The lowest BCUT2D eigenvalue weighted by atomic mass is 10.0. The van der Waals surface area contributed by atoms with Crippen molar-refractivity contribution < 1.29 is 0 Å². The fourth-order valence-electron chi connectivity index (χ4n) is 3.53. The van der Waals surface area contributed by atoms with Gasteiger partial charge in [-0.2, -0.15) is 0 Å². The molecule has 1 heterocycles. The van der Waals surface area contributed by atoms with Crippen molar-refractivity contribution in [1.82, 2.24) is 4.57 Å². The van der Waals surface area contributed by atoms with E-state index in [1.807, 2.05) is 12.1 Å². The molecule has 2 heteroatoms. The highest BCUT2D eigenvalue weighted by atomic mass is 15.0. The van der Waals surface area contributed by atoms with Crippen LogP contribution in [0, 0.1) is 0 Å². The highest BCUT2D eigenvalue weighted by Crippen LogP contribution is 2.38. The molecule has 1 aromatic heterocycles. The number of hydrogen-bond donors (Lipinski definition) is 1. The number of fused-ring (bicyclic) bond motifs is 3. The van der Waals surface area contributed by atoms with Crippen LogP contribution in [0.4, 0.5) is 5.69 Å². The van der Waals surface area contributed by atoms with Gasteiger partial charge in [0.1, 0.15) is 0 Å². The Kier molecular flexibility index (Phi) is 3.12. The van der Waals surface area contributed by atoms with Crippen LogP contribution >= 0.6 is 0 Å². The normalized spacial score (nSPS) is 11.6. The second-order valence-corrected chi connectivity index (χ2v) is 6.31. The number of nitrogens with zero attached hydrogens (tertiary/aromatic N) is 1. The highest BCUT2D eigenvalue weighted by molar-refractivity contribution is 6.12. The maximum Gasteiger partial charge on any atom is 0.0573 e. The first-order chi connectivity index (χ1) is 11.2. The second-order valence-electron chi connectivity index (χ2n) is 6.31. The molecule has 2 N–H and O–H groups in total. The first-order valence-electron chi connectivity index (χ1n) is 8.04. The van der Waals surface area contributed by atoms with E-state index in [-0.39, 0.29) is 0 Å². The molecule has 2 nitrogen and oxygen atoms in total. The van der Waals surface area contributed by atoms with Crippen LogP contribution in [0.25, 0.3) is 32.9 Å². The van der Waals surface area contributed by atoms with Crippen LogP contribution in [0.1, 0.15) is 19.9 Å². The van der Waals surface area contributed by atoms with E-state index in [0.29, 0.717) is 6.04 Å². The van der Waals surface area contributed by atoms with Crippen molar-refractivity contribution in [3.63, 3.8) is 0 Å². The van der Waals surface area contributed by atoms with Crippen molar-refractivity contribution in [3.05, 3.63) is 66.7 Å². The molecular weight excluding hydrogens is 280 g/mol. The minimum atomic E-state index is 0.389. The topological polar surface area (TPSA) is 30.9 Å². The molecular formula is C21H20N2. The molecule has 114 valence electrons. The quantitative estimate of drug-likeness (QED) is 0.478. The van der Waals surface area contributed by atoms with Crippen molar-refractivity contribution in [2.75, 3.05) is 5.73 Å². The van der Waals surface area contributed by atoms with Gasteiger partial charge in [0.2, 0.25) is 0 Å². The SMILES string of the molecule is CC(C)n1c2ccccc2c2cccc(-c3cccc(N)c3)c21. The number of nitrogens with two attached hydrogens (primary N) is 1. The summed E-state index contributed by atoms with van der Waals surface area (Å²) in [6.07, 6.45) is 0. The molecule has 0 aliphatic rings. The fraction of sp³-hybridized carbons (Fsp3) is 0.143. The third-order valence-corrected chi connectivity index (χ3v) is 4.44. The van der Waals surface area contributed by atoms with E-state index in [4.69, 9.17) is 5.73 Å². The molecule has 0 radical (unpaired) electrons. The average molecular weight is 300 g/mol. The maximum atomic E-state index is 6.01. The molecule has 0 saturated carbocycles. The summed E-state index contributed by atoms with van der Waals surface area (Å²) in [5.41, 5.74) is 11.8. The van der Waals surface area contributed by atoms with Gasteiger partial charge in [-0.05, 0) is 37.6 Å². The van der Waals surface area contributed by atoms with Crippen molar-refractivity contribution in [3.8, 4) is 11.1 Å². The van der Waals surface area contributed by atoms with E-state index in [1.54, 1.807) is 0 Å². The highest BCUT2D eigenvalue weighted by Gasteiger charge is 2.16. The number of rotatable bonds is 2. The largest absolute Gasteiger partial charge is 0.399 e. The molecule has 0 spiro atoms. The summed E-state index contributed by atoms with van der Waals surface area (Å²) in [7, 11) is 0. The van der Waals surface area contributed by atoms with Gasteiger partial charge in [0.25, 0.3) is 0 Å². The average Bonchev–Trinajstić information content (AvgIpc) is 2.89. The zero-order valence-electron chi connectivity index (χ0n) is 13.5. The van der Waals surface area contributed by atoms with E-state index >= 15 is 0 Å². The summed E-state index contributed by atoms with van der Waals surface area (Å²) >= 11 is 0. The monoisotopic (exact) mass is 300 g/mol. The van der Waals surface area contributed by atoms with E-state index < -0.39 is 0 Å². The van der Waals surface area contributed by atoms with Crippen LogP contribution in [-0.2, 0) is 0 Å². The Balaban J connectivity index is 2.18. The molecule has 0 bridgehead atoms. The first-order valence-corrected chi connectivity index (χ1v) is 8.04. The summed E-state index contributed by atoms with van der Waals surface area (Å²) in [6, 6.07) is 23.7. The standard InChI is InChI=1S/C21H20N2/c1-14(2)23-20-12-4-3-9-18(20)19-11-6-10-17(21(19)23)15-7-5-8-16(22)13-15/h3-14H,22H2,1-2H3. The Morgan fingerprint density at radius 3 is 2.35 bits per heavy atom. The maximum absolute atomic E-state index is 6.01. The van der Waals surface area contributed by atoms with Crippen LogP contribution in [0.15, 0.2) is 66.7 Å². The summed E-state index contributed by atoms with van der Waals surface area (Å²) < 4.78 is 2.43. The molecule has 4 rings (SSSR count). The molecule has 0 aliphatic heterocycles. The lowest BCUT2D eigenvalue weighted by Gasteiger charge is -2.14.